The molecule has 1 saturated heterocycles. The van der Waals surface area contributed by atoms with Crippen molar-refractivity contribution >= 4 is 5.97 Å². The summed E-state index contributed by atoms with van der Waals surface area (Å²) in [6, 6.07) is 0. The predicted molar refractivity (Wildman–Crippen MR) is 81.6 cm³/mol. The van der Waals surface area contributed by atoms with Gasteiger partial charge in [0.1, 0.15) is 24.4 Å². The molecular formula is C16H26O8. The number of carbonyl (C=O) groups excluding carboxylic acids is 1. The SMILES string of the molecule is CC(C)(O)[C@H]1CC=C(C(=O)O[C@@H]2O[C@H](CO)[C@@H](O)[C@H](O)[C@H]2O)CC1. The Morgan fingerprint density at radius 3 is 2.46 bits per heavy atom. The van der Waals surface area contributed by atoms with Gasteiger partial charge in [0.15, 0.2) is 0 Å². The largest absolute Gasteiger partial charge is 0.429 e. The van der Waals surface area contributed by atoms with E-state index in [-0.39, 0.29) is 5.92 Å². The molecule has 24 heavy (non-hydrogen) atoms. The lowest BCUT2D eigenvalue weighted by Crippen LogP contribution is -2.59. The van der Waals surface area contributed by atoms with Crippen LogP contribution >= 0.6 is 0 Å². The van der Waals surface area contributed by atoms with Crippen LogP contribution in [0.15, 0.2) is 11.6 Å². The highest BCUT2D eigenvalue weighted by atomic mass is 16.7. The maximum absolute atomic E-state index is 12.2. The van der Waals surface area contributed by atoms with E-state index < -0.39 is 48.9 Å². The third kappa shape index (κ3) is 4.14. The normalized spacial score (nSPS) is 37.7. The van der Waals surface area contributed by atoms with Crippen molar-refractivity contribution in [1.29, 1.82) is 0 Å². The van der Waals surface area contributed by atoms with E-state index in [9.17, 15) is 25.2 Å². The maximum atomic E-state index is 12.2. The van der Waals surface area contributed by atoms with Crippen molar-refractivity contribution in [3.8, 4) is 0 Å². The standard InChI is InChI=1S/C16H26O8/c1-16(2,22)9-5-3-8(4-6-9)14(21)24-15-13(20)12(19)11(18)10(7-17)23-15/h3,9-13,15,17-20,22H,4-7H2,1-2H3/t9-,10+,11+,12-,13+,15-/m0/s1. The van der Waals surface area contributed by atoms with Gasteiger partial charge in [-0.2, -0.15) is 0 Å². The number of aliphatic hydroxyl groups excluding tert-OH is 4. The maximum Gasteiger partial charge on any atom is 0.336 e. The number of rotatable bonds is 4. The predicted octanol–water partition coefficient (Wildman–Crippen LogP) is -1.17. The molecule has 1 heterocycles. The third-order valence-corrected chi connectivity index (χ3v) is 4.74. The Balaban J connectivity index is 1.98. The molecule has 138 valence electrons. The molecule has 0 saturated carbocycles. The molecule has 5 N–H and O–H groups in total. The number of ether oxygens (including phenoxy) is 2. The van der Waals surface area contributed by atoms with Crippen LogP contribution in [0.25, 0.3) is 0 Å². The summed E-state index contributed by atoms with van der Waals surface area (Å²) in [6.07, 6.45) is -4.03. The van der Waals surface area contributed by atoms with Crippen molar-refractivity contribution in [3.05, 3.63) is 11.6 Å². The van der Waals surface area contributed by atoms with Crippen LogP contribution in [0.2, 0.25) is 0 Å². The van der Waals surface area contributed by atoms with E-state index in [1.165, 1.54) is 0 Å². The van der Waals surface area contributed by atoms with Gasteiger partial charge < -0.3 is 35.0 Å². The third-order valence-electron chi connectivity index (χ3n) is 4.74. The first-order valence-corrected chi connectivity index (χ1v) is 8.08. The molecule has 1 aliphatic carbocycles. The van der Waals surface area contributed by atoms with Crippen LogP contribution in [0.5, 0.6) is 0 Å². The van der Waals surface area contributed by atoms with E-state index in [4.69, 9.17) is 14.6 Å². The van der Waals surface area contributed by atoms with E-state index in [1.807, 2.05) is 0 Å². The van der Waals surface area contributed by atoms with Gasteiger partial charge >= 0.3 is 5.97 Å². The van der Waals surface area contributed by atoms with Gasteiger partial charge in [-0.05, 0) is 39.0 Å². The summed E-state index contributed by atoms with van der Waals surface area (Å²) < 4.78 is 10.2. The Labute approximate surface area is 140 Å². The van der Waals surface area contributed by atoms with Gasteiger partial charge in [-0.1, -0.05) is 6.08 Å². The van der Waals surface area contributed by atoms with Gasteiger partial charge in [0.05, 0.1) is 12.2 Å². The average Bonchev–Trinajstić information content (AvgIpc) is 2.54. The lowest BCUT2D eigenvalue weighted by Gasteiger charge is -2.39. The molecule has 1 aliphatic heterocycles. The Morgan fingerprint density at radius 2 is 1.96 bits per heavy atom. The quantitative estimate of drug-likeness (QED) is 0.402. The van der Waals surface area contributed by atoms with Crippen LogP contribution in [0.1, 0.15) is 33.1 Å². The molecule has 8 nitrogen and oxygen atoms in total. The monoisotopic (exact) mass is 346 g/mol. The molecule has 0 amide bonds. The minimum Gasteiger partial charge on any atom is -0.429 e. The van der Waals surface area contributed by atoms with E-state index >= 15 is 0 Å². The molecule has 1 fully saturated rings. The smallest absolute Gasteiger partial charge is 0.336 e. The molecule has 0 bridgehead atoms. The minimum atomic E-state index is -1.61. The Morgan fingerprint density at radius 1 is 1.29 bits per heavy atom. The molecule has 0 aromatic rings. The fourth-order valence-corrected chi connectivity index (χ4v) is 3.01. The summed E-state index contributed by atoms with van der Waals surface area (Å²) in [5.74, 6) is -0.644. The second kappa shape index (κ2) is 7.47. The van der Waals surface area contributed by atoms with Gasteiger partial charge in [0.2, 0.25) is 6.29 Å². The fraction of sp³-hybridized carbons (Fsp3) is 0.812. The Hall–Kier alpha value is -1.03. The van der Waals surface area contributed by atoms with Gasteiger partial charge in [-0.25, -0.2) is 4.79 Å². The number of carbonyl (C=O) groups is 1. The van der Waals surface area contributed by atoms with Crippen LogP contribution in [-0.2, 0) is 14.3 Å². The molecule has 0 spiro atoms. The zero-order valence-corrected chi connectivity index (χ0v) is 13.8. The van der Waals surface area contributed by atoms with Crippen molar-refractivity contribution in [1.82, 2.24) is 0 Å². The number of hydrogen-bond acceptors (Lipinski definition) is 8. The van der Waals surface area contributed by atoms with Gasteiger partial charge in [0, 0.05) is 5.57 Å². The van der Waals surface area contributed by atoms with Gasteiger partial charge in [-0.15, -0.1) is 0 Å². The van der Waals surface area contributed by atoms with Gasteiger partial charge in [-0.3, -0.25) is 0 Å². The number of hydrogen-bond donors (Lipinski definition) is 5. The van der Waals surface area contributed by atoms with Crippen molar-refractivity contribution in [2.75, 3.05) is 6.61 Å². The summed E-state index contributed by atoms with van der Waals surface area (Å²) in [5, 5.41) is 48.4. The zero-order valence-electron chi connectivity index (χ0n) is 13.8. The highest BCUT2D eigenvalue weighted by Crippen LogP contribution is 2.32. The van der Waals surface area contributed by atoms with Crippen molar-refractivity contribution in [3.63, 3.8) is 0 Å². The van der Waals surface area contributed by atoms with Crippen molar-refractivity contribution in [2.45, 2.75) is 69.4 Å². The molecular weight excluding hydrogens is 320 g/mol. The molecule has 2 rings (SSSR count). The molecule has 6 atom stereocenters. The van der Waals surface area contributed by atoms with Gasteiger partial charge in [0.25, 0.3) is 0 Å². The molecule has 0 unspecified atom stereocenters. The molecule has 0 radical (unpaired) electrons. The summed E-state index contributed by atoms with van der Waals surface area (Å²) in [7, 11) is 0. The topological polar surface area (TPSA) is 137 Å². The van der Waals surface area contributed by atoms with Crippen LogP contribution in [0.3, 0.4) is 0 Å². The van der Waals surface area contributed by atoms with E-state index in [0.717, 1.165) is 0 Å². The highest BCUT2D eigenvalue weighted by Gasteiger charge is 2.45. The first kappa shape index (κ1) is 19.3. The fourth-order valence-electron chi connectivity index (χ4n) is 3.01. The van der Waals surface area contributed by atoms with Crippen LogP contribution in [0.4, 0.5) is 0 Å². The number of esters is 1. The van der Waals surface area contributed by atoms with E-state index in [0.29, 0.717) is 24.8 Å². The zero-order chi connectivity index (χ0) is 18.1. The Kier molecular flexibility index (Phi) is 6.00. The minimum absolute atomic E-state index is 0.0429. The molecule has 0 aromatic carbocycles. The molecule has 2 aliphatic rings. The summed E-state index contributed by atoms with van der Waals surface area (Å²) in [4.78, 5) is 12.2. The van der Waals surface area contributed by atoms with Crippen LogP contribution < -0.4 is 0 Å². The Bertz CT molecular complexity index is 481. The van der Waals surface area contributed by atoms with Crippen LogP contribution in [-0.4, -0.2) is 74.4 Å². The highest BCUT2D eigenvalue weighted by molar-refractivity contribution is 5.88. The van der Waals surface area contributed by atoms with Crippen molar-refractivity contribution in [2.24, 2.45) is 5.92 Å². The average molecular weight is 346 g/mol. The first-order chi connectivity index (χ1) is 11.1. The lowest BCUT2D eigenvalue weighted by atomic mass is 9.79. The van der Waals surface area contributed by atoms with Crippen LogP contribution in [0, 0.1) is 5.92 Å². The van der Waals surface area contributed by atoms with E-state index in [1.54, 1.807) is 19.9 Å². The van der Waals surface area contributed by atoms with Crippen molar-refractivity contribution < 1.29 is 39.8 Å². The second-order valence-electron chi connectivity index (χ2n) is 6.96. The summed E-state index contributed by atoms with van der Waals surface area (Å²) >= 11 is 0. The lowest BCUT2D eigenvalue weighted by molar-refractivity contribution is -0.291. The molecule has 0 aromatic heterocycles. The summed E-state index contributed by atoms with van der Waals surface area (Å²) in [5.41, 5.74) is -0.420. The second-order valence-corrected chi connectivity index (χ2v) is 6.96. The van der Waals surface area contributed by atoms with E-state index in [2.05, 4.69) is 0 Å². The number of allylic oxidation sites excluding steroid dienone is 1. The molecule has 8 heteroatoms. The summed E-state index contributed by atoms with van der Waals surface area (Å²) in [6.45, 7) is 2.86. The first-order valence-electron chi connectivity index (χ1n) is 8.08. The number of aliphatic hydroxyl groups is 5.